The number of benzene rings is 2. The molecule has 2 aromatic carbocycles. The third-order valence-electron chi connectivity index (χ3n) is 4.85. The molecule has 0 amide bonds. The Bertz CT molecular complexity index is 1010. The van der Waals surface area contributed by atoms with Crippen molar-refractivity contribution in [3.8, 4) is 0 Å². The SMILES string of the molecule is Cc1cc2oc(=O)cc(C[NH2+]C[C@@H](c3ccccc3Cl)[NH+](C)C)c2cc1Cl. The average Bonchev–Trinajstić information content (AvgIpc) is 2.61. The second kappa shape index (κ2) is 8.44. The summed E-state index contributed by atoms with van der Waals surface area (Å²) in [7, 11) is 4.24. The second-order valence-corrected chi connectivity index (χ2v) is 7.88. The number of nitrogens with two attached hydrogens (primary N) is 1. The molecule has 6 heteroatoms. The molecule has 142 valence electrons. The van der Waals surface area contributed by atoms with Crippen molar-refractivity contribution in [1.82, 2.24) is 0 Å². The molecule has 1 aromatic heterocycles. The first-order chi connectivity index (χ1) is 12.9. The summed E-state index contributed by atoms with van der Waals surface area (Å²) in [6, 6.07) is 13.4. The molecule has 0 saturated carbocycles. The third-order valence-corrected chi connectivity index (χ3v) is 5.61. The van der Waals surface area contributed by atoms with E-state index in [9.17, 15) is 4.79 Å². The molecular weight excluding hydrogens is 383 g/mol. The molecule has 1 atom stereocenters. The quantitative estimate of drug-likeness (QED) is 0.617. The average molecular weight is 407 g/mol. The lowest BCUT2D eigenvalue weighted by atomic mass is 10.1. The molecular formula is C21H24Cl2N2O2+2. The number of halogens is 2. The highest BCUT2D eigenvalue weighted by Crippen LogP contribution is 2.25. The molecule has 0 aliphatic carbocycles. The molecule has 0 bridgehead atoms. The molecule has 0 fully saturated rings. The highest BCUT2D eigenvalue weighted by atomic mass is 35.5. The van der Waals surface area contributed by atoms with E-state index >= 15 is 0 Å². The molecule has 0 saturated heterocycles. The number of likely N-dealkylation sites (N-methyl/N-ethyl adjacent to an activating group) is 1. The molecule has 4 nitrogen and oxygen atoms in total. The summed E-state index contributed by atoms with van der Waals surface area (Å²) < 4.78 is 5.34. The number of fused-ring (bicyclic) bond motifs is 1. The van der Waals surface area contributed by atoms with Gasteiger partial charge in [-0.15, -0.1) is 0 Å². The molecule has 0 radical (unpaired) electrons. The molecule has 0 aliphatic rings. The Balaban J connectivity index is 1.83. The van der Waals surface area contributed by atoms with Crippen LogP contribution >= 0.6 is 23.2 Å². The van der Waals surface area contributed by atoms with Crippen LogP contribution in [0.1, 0.15) is 22.7 Å². The van der Waals surface area contributed by atoms with Crippen LogP contribution in [-0.4, -0.2) is 20.6 Å². The zero-order valence-corrected chi connectivity index (χ0v) is 17.2. The molecule has 3 N–H and O–H groups in total. The maximum absolute atomic E-state index is 11.9. The molecule has 27 heavy (non-hydrogen) atoms. The van der Waals surface area contributed by atoms with Crippen LogP contribution in [0.15, 0.2) is 51.7 Å². The minimum absolute atomic E-state index is 0.246. The summed E-state index contributed by atoms with van der Waals surface area (Å²) in [6.45, 7) is 3.40. The van der Waals surface area contributed by atoms with Crippen LogP contribution in [0, 0.1) is 6.92 Å². The van der Waals surface area contributed by atoms with Crippen molar-refractivity contribution < 1.29 is 14.6 Å². The van der Waals surface area contributed by atoms with E-state index in [0.29, 0.717) is 17.2 Å². The van der Waals surface area contributed by atoms with Crippen LogP contribution in [0.5, 0.6) is 0 Å². The monoisotopic (exact) mass is 406 g/mol. The number of nitrogens with one attached hydrogen (secondary N) is 1. The number of aryl methyl sites for hydroxylation is 1. The van der Waals surface area contributed by atoms with Gasteiger partial charge in [-0.2, -0.15) is 0 Å². The lowest BCUT2D eigenvalue weighted by Crippen LogP contribution is -3.09. The number of rotatable bonds is 6. The van der Waals surface area contributed by atoms with Gasteiger partial charge in [0, 0.05) is 32.6 Å². The highest BCUT2D eigenvalue weighted by Gasteiger charge is 2.22. The Morgan fingerprint density at radius 1 is 1.11 bits per heavy atom. The minimum Gasteiger partial charge on any atom is -0.423 e. The van der Waals surface area contributed by atoms with Gasteiger partial charge in [-0.25, -0.2) is 4.79 Å². The van der Waals surface area contributed by atoms with E-state index in [2.05, 4.69) is 25.5 Å². The van der Waals surface area contributed by atoms with Gasteiger partial charge in [-0.05, 0) is 30.7 Å². The van der Waals surface area contributed by atoms with E-state index in [0.717, 1.165) is 33.6 Å². The van der Waals surface area contributed by atoms with Crippen molar-refractivity contribution in [2.45, 2.75) is 19.5 Å². The standard InChI is InChI=1S/C21H22Cl2N2O2/c1-13-8-20-16(10-18(13)23)14(9-21(26)27-20)11-24-12-19(25(2)3)15-6-4-5-7-17(15)22/h4-10,19,24H,11-12H2,1-3H3/p+2/t19-/m0/s1. The topological polar surface area (TPSA) is 51.3 Å². The Kier molecular flexibility index (Phi) is 6.22. The van der Waals surface area contributed by atoms with Gasteiger partial charge >= 0.3 is 5.63 Å². The van der Waals surface area contributed by atoms with Crippen molar-refractivity contribution in [1.29, 1.82) is 0 Å². The largest absolute Gasteiger partial charge is 0.423 e. The van der Waals surface area contributed by atoms with Gasteiger partial charge in [0.15, 0.2) is 6.04 Å². The van der Waals surface area contributed by atoms with E-state index in [1.807, 2.05) is 37.3 Å². The fraction of sp³-hybridized carbons (Fsp3) is 0.286. The van der Waals surface area contributed by atoms with Crippen LogP contribution in [0.25, 0.3) is 11.0 Å². The first kappa shape index (κ1) is 19.9. The molecule has 0 aliphatic heterocycles. The van der Waals surface area contributed by atoms with Gasteiger partial charge in [0.1, 0.15) is 18.7 Å². The Hall–Kier alpha value is -1.85. The second-order valence-electron chi connectivity index (χ2n) is 7.07. The van der Waals surface area contributed by atoms with E-state index < -0.39 is 0 Å². The van der Waals surface area contributed by atoms with E-state index in [4.69, 9.17) is 27.6 Å². The van der Waals surface area contributed by atoms with Gasteiger partial charge < -0.3 is 14.6 Å². The van der Waals surface area contributed by atoms with Crippen LogP contribution in [0.4, 0.5) is 0 Å². The van der Waals surface area contributed by atoms with Crippen molar-refractivity contribution in [3.05, 3.63) is 79.6 Å². The summed E-state index contributed by atoms with van der Waals surface area (Å²) in [6.07, 6.45) is 0. The maximum atomic E-state index is 11.9. The zero-order valence-electron chi connectivity index (χ0n) is 15.7. The third kappa shape index (κ3) is 4.53. The Labute approximate surface area is 168 Å². The lowest BCUT2D eigenvalue weighted by Gasteiger charge is -2.21. The van der Waals surface area contributed by atoms with Gasteiger partial charge in [-0.1, -0.05) is 41.4 Å². The number of quaternary nitrogens is 2. The Morgan fingerprint density at radius 3 is 2.56 bits per heavy atom. The minimum atomic E-state index is -0.339. The molecule has 1 heterocycles. The number of hydrogen-bond acceptors (Lipinski definition) is 2. The molecule has 0 unspecified atom stereocenters. The van der Waals surface area contributed by atoms with Gasteiger partial charge in [0.25, 0.3) is 0 Å². The summed E-state index contributed by atoms with van der Waals surface area (Å²) >= 11 is 12.7. The fourth-order valence-corrected chi connectivity index (χ4v) is 3.79. The van der Waals surface area contributed by atoms with Crippen molar-refractivity contribution in [2.75, 3.05) is 20.6 Å². The summed E-state index contributed by atoms with van der Waals surface area (Å²) in [5.41, 5.74) is 3.19. The van der Waals surface area contributed by atoms with Gasteiger partial charge in [0.05, 0.1) is 14.1 Å². The summed E-state index contributed by atoms with van der Waals surface area (Å²) in [4.78, 5) is 13.2. The van der Waals surface area contributed by atoms with Crippen molar-refractivity contribution >= 4 is 34.2 Å². The predicted molar refractivity (Wildman–Crippen MR) is 110 cm³/mol. The van der Waals surface area contributed by atoms with Crippen molar-refractivity contribution in [2.24, 2.45) is 0 Å². The zero-order chi connectivity index (χ0) is 19.6. The van der Waals surface area contributed by atoms with Crippen LogP contribution in [-0.2, 0) is 6.54 Å². The van der Waals surface area contributed by atoms with Crippen LogP contribution < -0.4 is 15.8 Å². The fourth-order valence-electron chi connectivity index (χ4n) is 3.35. The molecule has 0 spiro atoms. The first-order valence-electron chi connectivity index (χ1n) is 8.96. The van der Waals surface area contributed by atoms with Crippen molar-refractivity contribution in [3.63, 3.8) is 0 Å². The molecule has 3 aromatic rings. The van der Waals surface area contributed by atoms with E-state index in [-0.39, 0.29) is 11.7 Å². The van der Waals surface area contributed by atoms with Crippen LogP contribution in [0.3, 0.4) is 0 Å². The number of hydrogen-bond donors (Lipinski definition) is 2. The molecule has 3 rings (SSSR count). The summed E-state index contributed by atoms with van der Waals surface area (Å²) in [5, 5.41) is 4.53. The van der Waals surface area contributed by atoms with Gasteiger partial charge in [-0.3, -0.25) is 0 Å². The first-order valence-corrected chi connectivity index (χ1v) is 9.71. The maximum Gasteiger partial charge on any atom is 0.336 e. The van der Waals surface area contributed by atoms with Crippen LogP contribution in [0.2, 0.25) is 10.0 Å². The predicted octanol–water partition coefficient (Wildman–Crippen LogP) is 2.36. The summed E-state index contributed by atoms with van der Waals surface area (Å²) in [5.74, 6) is 0. The van der Waals surface area contributed by atoms with E-state index in [1.54, 1.807) is 6.07 Å². The normalized spacial score (nSPS) is 12.7. The highest BCUT2D eigenvalue weighted by molar-refractivity contribution is 6.32. The van der Waals surface area contributed by atoms with E-state index in [1.165, 1.54) is 4.90 Å². The lowest BCUT2D eigenvalue weighted by molar-refractivity contribution is -0.910. The smallest absolute Gasteiger partial charge is 0.336 e. The van der Waals surface area contributed by atoms with Gasteiger partial charge in [0.2, 0.25) is 0 Å². The Morgan fingerprint density at radius 2 is 1.85 bits per heavy atom.